The second kappa shape index (κ2) is 3.28. The summed E-state index contributed by atoms with van der Waals surface area (Å²) >= 11 is 0. The van der Waals surface area contributed by atoms with Crippen LogP contribution in [0, 0.1) is 23.0 Å². The summed E-state index contributed by atoms with van der Waals surface area (Å²) in [6.07, 6.45) is 0. The molecule has 0 atom stereocenters. The highest BCUT2D eigenvalue weighted by molar-refractivity contribution is 5.35. The minimum atomic E-state index is -0.860. The lowest BCUT2D eigenvalue weighted by atomic mass is 10.1. The predicted molar refractivity (Wildman–Crippen MR) is 37.0 cm³/mol. The molecule has 0 aliphatic carbocycles. The minimum Gasteiger partial charge on any atom is -0.392 e. The highest BCUT2D eigenvalue weighted by Gasteiger charge is 2.09. The molecule has 12 heavy (non-hydrogen) atoms. The molecule has 0 unspecified atom stereocenters. The van der Waals surface area contributed by atoms with Gasteiger partial charge in [-0.1, -0.05) is 0 Å². The van der Waals surface area contributed by atoms with E-state index in [4.69, 9.17) is 10.4 Å². The van der Waals surface area contributed by atoms with E-state index in [1.807, 2.05) is 0 Å². The maximum absolute atomic E-state index is 12.9. The number of rotatable bonds is 1. The quantitative estimate of drug-likeness (QED) is 0.689. The largest absolute Gasteiger partial charge is 0.392 e. The summed E-state index contributed by atoms with van der Waals surface area (Å²) in [6.45, 7) is -0.613. The first-order valence-electron chi connectivity index (χ1n) is 3.18. The van der Waals surface area contributed by atoms with Gasteiger partial charge in [-0.15, -0.1) is 0 Å². The van der Waals surface area contributed by atoms with Gasteiger partial charge in [0.25, 0.3) is 0 Å². The summed E-state index contributed by atoms with van der Waals surface area (Å²) in [5, 5.41) is 16.9. The van der Waals surface area contributed by atoms with E-state index < -0.39 is 18.2 Å². The molecule has 62 valence electrons. The van der Waals surface area contributed by atoms with Crippen LogP contribution in [0.4, 0.5) is 8.78 Å². The lowest BCUT2D eigenvalue weighted by Gasteiger charge is -2.00. The molecule has 0 saturated heterocycles. The second-order valence-electron chi connectivity index (χ2n) is 2.20. The van der Waals surface area contributed by atoms with Crippen molar-refractivity contribution in [2.24, 2.45) is 0 Å². The van der Waals surface area contributed by atoms with Crippen LogP contribution in [0.2, 0.25) is 0 Å². The predicted octanol–water partition coefficient (Wildman–Crippen LogP) is 1.33. The molecule has 4 heteroatoms. The molecule has 0 spiro atoms. The molecule has 1 N–H and O–H groups in total. The molecule has 0 radical (unpaired) electrons. The number of benzene rings is 1. The summed E-state index contributed by atoms with van der Waals surface area (Å²) in [4.78, 5) is 0. The van der Waals surface area contributed by atoms with Gasteiger partial charge in [-0.2, -0.15) is 5.26 Å². The Bertz CT molecular complexity index is 344. The van der Waals surface area contributed by atoms with Crippen LogP contribution >= 0.6 is 0 Å². The fourth-order valence-corrected chi connectivity index (χ4v) is 0.842. The van der Waals surface area contributed by atoms with E-state index in [0.717, 1.165) is 12.1 Å². The Labute approximate surface area is 67.7 Å². The summed E-state index contributed by atoms with van der Waals surface area (Å²) < 4.78 is 25.5. The van der Waals surface area contributed by atoms with Crippen molar-refractivity contribution in [3.05, 3.63) is 34.9 Å². The van der Waals surface area contributed by atoms with Gasteiger partial charge >= 0.3 is 0 Å². The Balaban J connectivity index is 3.34. The van der Waals surface area contributed by atoms with Gasteiger partial charge < -0.3 is 5.11 Å². The average molecular weight is 169 g/mol. The van der Waals surface area contributed by atoms with Crippen molar-refractivity contribution in [3.8, 4) is 6.07 Å². The Morgan fingerprint density at radius 2 is 2.08 bits per heavy atom. The van der Waals surface area contributed by atoms with E-state index in [-0.39, 0.29) is 11.1 Å². The molecule has 0 aliphatic heterocycles. The van der Waals surface area contributed by atoms with Crippen molar-refractivity contribution in [3.63, 3.8) is 0 Å². The topological polar surface area (TPSA) is 44.0 Å². The average Bonchev–Trinajstić information content (AvgIpc) is 2.08. The van der Waals surface area contributed by atoms with E-state index in [1.54, 1.807) is 0 Å². The highest BCUT2D eigenvalue weighted by Crippen LogP contribution is 2.14. The van der Waals surface area contributed by atoms with Gasteiger partial charge in [0.15, 0.2) is 0 Å². The van der Waals surface area contributed by atoms with Gasteiger partial charge in [0, 0.05) is 5.56 Å². The fraction of sp³-hybridized carbons (Fsp3) is 0.125. The monoisotopic (exact) mass is 169 g/mol. The standard InChI is InChI=1S/C8H5F2NO/c9-7-1-5(3-11)8(10)6(2-7)4-12/h1-2,12H,4H2. The number of hydrogen-bond donors (Lipinski definition) is 1. The summed E-state index contributed by atoms with van der Waals surface area (Å²) in [6, 6.07) is 3.13. The molecule has 0 heterocycles. The summed E-state index contributed by atoms with van der Waals surface area (Å²) in [5.74, 6) is -1.58. The lowest BCUT2D eigenvalue weighted by Crippen LogP contribution is -1.95. The highest BCUT2D eigenvalue weighted by atomic mass is 19.1. The Hall–Kier alpha value is -1.47. The van der Waals surface area contributed by atoms with Crippen LogP contribution in [0.15, 0.2) is 12.1 Å². The van der Waals surface area contributed by atoms with Crippen molar-refractivity contribution in [2.45, 2.75) is 6.61 Å². The third-order valence-corrected chi connectivity index (χ3v) is 1.40. The van der Waals surface area contributed by atoms with Crippen LogP contribution < -0.4 is 0 Å². The number of nitrogens with zero attached hydrogens (tertiary/aromatic N) is 1. The third kappa shape index (κ3) is 1.41. The molecular formula is C8H5F2NO. The van der Waals surface area contributed by atoms with Crippen molar-refractivity contribution in [2.75, 3.05) is 0 Å². The number of aliphatic hydroxyl groups is 1. The zero-order chi connectivity index (χ0) is 9.14. The normalized spacial score (nSPS) is 9.50. The van der Waals surface area contributed by atoms with Crippen LogP contribution in [0.25, 0.3) is 0 Å². The number of aliphatic hydroxyl groups excluding tert-OH is 1. The van der Waals surface area contributed by atoms with Crippen LogP contribution in [0.3, 0.4) is 0 Å². The molecule has 0 fully saturated rings. The molecule has 1 rings (SSSR count). The Morgan fingerprint density at radius 3 is 2.58 bits per heavy atom. The first-order valence-corrected chi connectivity index (χ1v) is 3.18. The molecule has 0 amide bonds. The molecule has 0 aliphatic rings. The second-order valence-corrected chi connectivity index (χ2v) is 2.20. The van der Waals surface area contributed by atoms with Crippen LogP contribution in [-0.2, 0) is 6.61 Å². The van der Waals surface area contributed by atoms with Crippen molar-refractivity contribution < 1.29 is 13.9 Å². The van der Waals surface area contributed by atoms with Gasteiger partial charge in [0.2, 0.25) is 0 Å². The van der Waals surface area contributed by atoms with Crippen molar-refractivity contribution in [1.29, 1.82) is 5.26 Å². The maximum Gasteiger partial charge on any atom is 0.146 e. The van der Waals surface area contributed by atoms with Gasteiger partial charge in [-0.05, 0) is 12.1 Å². The van der Waals surface area contributed by atoms with Crippen molar-refractivity contribution >= 4 is 0 Å². The molecule has 0 bridgehead atoms. The number of halogens is 2. The molecular weight excluding hydrogens is 164 g/mol. The zero-order valence-electron chi connectivity index (χ0n) is 6.01. The number of nitriles is 1. The first kappa shape index (κ1) is 8.62. The van der Waals surface area contributed by atoms with E-state index >= 15 is 0 Å². The molecule has 0 saturated carbocycles. The summed E-state index contributed by atoms with van der Waals surface area (Å²) in [7, 11) is 0. The Kier molecular flexibility index (Phi) is 2.36. The van der Waals surface area contributed by atoms with Crippen LogP contribution in [-0.4, -0.2) is 5.11 Å². The van der Waals surface area contributed by atoms with E-state index in [2.05, 4.69) is 0 Å². The van der Waals surface area contributed by atoms with Gasteiger partial charge in [0.05, 0.1) is 12.2 Å². The van der Waals surface area contributed by atoms with Gasteiger partial charge in [-0.25, -0.2) is 8.78 Å². The zero-order valence-corrected chi connectivity index (χ0v) is 6.01. The fourth-order valence-electron chi connectivity index (χ4n) is 0.842. The minimum absolute atomic E-state index is 0.202. The third-order valence-electron chi connectivity index (χ3n) is 1.40. The molecule has 0 aromatic heterocycles. The molecule has 1 aromatic rings. The van der Waals surface area contributed by atoms with E-state index in [9.17, 15) is 8.78 Å². The summed E-state index contributed by atoms with van der Waals surface area (Å²) in [5.41, 5.74) is -0.592. The van der Waals surface area contributed by atoms with Gasteiger partial charge in [-0.3, -0.25) is 0 Å². The van der Waals surface area contributed by atoms with E-state index in [0.29, 0.717) is 0 Å². The van der Waals surface area contributed by atoms with Crippen LogP contribution in [0.5, 0.6) is 0 Å². The lowest BCUT2D eigenvalue weighted by molar-refractivity contribution is 0.275. The molecule has 2 nitrogen and oxygen atoms in total. The Morgan fingerprint density at radius 1 is 1.42 bits per heavy atom. The van der Waals surface area contributed by atoms with Gasteiger partial charge in [0.1, 0.15) is 17.7 Å². The number of hydrogen-bond acceptors (Lipinski definition) is 2. The van der Waals surface area contributed by atoms with Crippen LogP contribution in [0.1, 0.15) is 11.1 Å². The molecule has 1 aromatic carbocycles. The maximum atomic E-state index is 12.9. The van der Waals surface area contributed by atoms with E-state index in [1.165, 1.54) is 6.07 Å². The first-order chi connectivity index (χ1) is 5.69. The van der Waals surface area contributed by atoms with Crippen molar-refractivity contribution in [1.82, 2.24) is 0 Å². The SMILES string of the molecule is N#Cc1cc(F)cc(CO)c1F. The smallest absolute Gasteiger partial charge is 0.146 e.